The molecule has 0 fully saturated rings. The molecule has 0 saturated heterocycles. The van der Waals surface area contributed by atoms with E-state index in [0.717, 1.165) is 6.42 Å². The van der Waals surface area contributed by atoms with Gasteiger partial charge in [-0.3, -0.25) is 4.79 Å². The van der Waals surface area contributed by atoms with Gasteiger partial charge in [0.2, 0.25) is 15.9 Å². The Balaban J connectivity index is 3.13. The van der Waals surface area contributed by atoms with Crippen molar-refractivity contribution < 1.29 is 13.2 Å². The second-order valence-corrected chi connectivity index (χ2v) is 7.51. The molecule has 0 aliphatic carbocycles. The maximum absolute atomic E-state index is 12.5. The Morgan fingerprint density at radius 1 is 1.32 bits per heavy atom. The molecule has 8 heteroatoms. The lowest BCUT2D eigenvalue weighted by Gasteiger charge is -2.17. The van der Waals surface area contributed by atoms with Gasteiger partial charge in [0.25, 0.3) is 0 Å². The van der Waals surface area contributed by atoms with Crippen LogP contribution in [0.3, 0.4) is 0 Å². The molecule has 0 unspecified atom stereocenters. The van der Waals surface area contributed by atoms with E-state index in [1.807, 2.05) is 6.92 Å². The molecule has 5 nitrogen and oxygen atoms in total. The van der Waals surface area contributed by atoms with Crippen molar-refractivity contribution in [3.05, 3.63) is 27.2 Å². The number of halogens is 2. The van der Waals surface area contributed by atoms with Gasteiger partial charge in [0.15, 0.2) is 0 Å². The molecule has 0 bridgehead atoms. The fourth-order valence-corrected chi connectivity index (χ4v) is 4.30. The fraction of sp³-hybridized carbons (Fsp3) is 0.500. The third kappa shape index (κ3) is 4.35. The topological polar surface area (TPSA) is 75.3 Å². The number of benzene rings is 1. The second-order valence-electron chi connectivity index (χ2n) is 5.08. The molecule has 1 rings (SSSR count). The van der Waals surface area contributed by atoms with Crippen molar-refractivity contribution in [2.24, 2.45) is 0 Å². The van der Waals surface area contributed by atoms with Crippen LogP contribution in [0, 0.1) is 13.8 Å². The Bertz CT molecular complexity index is 649. The summed E-state index contributed by atoms with van der Waals surface area (Å²) in [5.41, 5.74) is 0.909. The van der Waals surface area contributed by atoms with Crippen LogP contribution in [0.25, 0.3) is 0 Å². The van der Waals surface area contributed by atoms with Crippen molar-refractivity contribution in [2.45, 2.75) is 45.1 Å². The SMILES string of the molecule is CCCNC(=O)[C@H](C)NS(=O)(=O)c1c(C)c(Cl)cc(C)c1Cl. The highest BCUT2D eigenvalue weighted by atomic mass is 35.5. The summed E-state index contributed by atoms with van der Waals surface area (Å²) < 4.78 is 27.4. The first-order valence-electron chi connectivity index (χ1n) is 6.87. The van der Waals surface area contributed by atoms with Gasteiger partial charge in [-0.2, -0.15) is 4.72 Å². The normalized spacial score (nSPS) is 13.0. The molecule has 0 heterocycles. The largest absolute Gasteiger partial charge is 0.355 e. The average Bonchev–Trinajstić information content (AvgIpc) is 2.41. The fourth-order valence-electron chi connectivity index (χ4n) is 1.88. The Morgan fingerprint density at radius 2 is 1.91 bits per heavy atom. The van der Waals surface area contributed by atoms with Crippen LogP contribution in [0.2, 0.25) is 10.0 Å². The van der Waals surface area contributed by atoms with Crippen molar-refractivity contribution in [1.82, 2.24) is 10.0 Å². The number of carbonyl (C=O) groups is 1. The number of aryl methyl sites for hydroxylation is 1. The first-order valence-corrected chi connectivity index (χ1v) is 9.11. The predicted octanol–water partition coefficient (Wildman–Crippen LogP) is 2.80. The molecule has 0 spiro atoms. The molecular formula is C14H20Cl2N2O3S. The molecule has 0 aromatic heterocycles. The van der Waals surface area contributed by atoms with E-state index >= 15 is 0 Å². The van der Waals surface area contributed by atoms with Crippen LogP contribution in [-0.2, 0) is 14.8 Å². The zero-order valence-electron chi connectivity index (χ0n) is 13.0. The molecule has 0 aliphatic heterocycles. The summed E-state index contributed by atoms with van der Waals surface area (Å²) in [6, 6.07) is 0.696. The van der Waals surface area contributed by atoms with E-state index in [0.29, 0.717) is 22.7 Å². The maximum atomic E-state index is 12.5. The molecule has 0 radical (unpaired) electrons. The summed E-state index contributed by atoms with van der Waals surface area (Å²) >= 11 is 12.2. The second kappa shape index (κ2) is 7.64. The van der Waals surface area contributed by atoms with Crippen molar-refractivity contribution >= 4 is 39.1 Å². The van der Waals surface area contributed by atoms with Crippen molar-refractivity contribution in [2.75, 3.05) is 6.54 Å². The first kappa shape index (κ1) is 19.2. The summed E-state index contributed by atoms with van der Waals surface area (Å²) in [6.07, 6.45) is 0.767. The van der Waals surface area contributed by atoms with Crippen LogP contribution in [0.15, 0.2) is 11.0 Å². The van der Waals surface area contributed by atoms with Crippen LogP contribution < -0.4 is 10.0 Å². The molecule has 1 aromatic rings. The van der Waals surface area contributed by atoms with E-state index < -0.39 is 22.0 Å². The highest BCUT2D eigenvalue weighted by Crippen LogP contribution is 2.33. The van der Waals surface area contributed by atoms with Crippen molar-refractivity contribution in [3.8, 4) is 0 Å². The van der Waals surface area contributed by atoms with Gasteiger partial charge in [-0.25, -0.2) is 8.42 Å². The Morgan fingerprint density at radius 3 is 2.45 bits per heavy atom. The molecule has 0 saturated carbocycles. The van der Waals surface area contributed by atoms with Crippen LogP contribution in [0.4, 0.5) is 0 Å². The summed E-state index contributed by atoms with van der Waals surface area (Å²) in [5, 5.41) is 3.05. The molecule has 1 aromatic carbocycles. The van der Waals surface area contributed by atoms with Gasteiger partial charge in [-0.15, -0.1) is 0 Å². The lowest BCUT2D eigenvalue weighted by atomic mass is 10.2. The highest BCUT2D eigenvalue weighted by Gasteiger charge is 2.27. The number of hydrogen-bond donors (Lipinski definition) is 2. The number of nitrogens with one attached hydrogen (secondary N) is 2. The van der Waals surface area contributed by atoms with E-state index in [-0.39, 0.29) is 9.92 Å². The zero-order chi connectivity index (χ0) is 17.1. The predicted molar refractivity (Wildman–Crippen MR) is 89.0 cm³/mol. The number of hydrogen-bond acceptors (Lipinski definition) is 3. The zero-order valence-corrected chi connectivity index (χ0v) is 15.3. The summed E-state index contributed by atoms with van der Waals surface area (Å²) in [4.78, 5) is 11.7. The first-order chi connectivity index (χ1) is 10.1. The number of carbonyl (C=O) groups excluding carboxylic acids is 1. The Hall–Kier alpha value is -0.820. The highest BCUT2D eigenvalue weighted by molar-refractivity contribution is 7.89. The molecule has 22 heavy (non-hydrogen) atoms. The molecule has 1 amide bonds. The van der Waals surface area contributed by atoms with E-state index in [1.54, 1.807) is 19.9 Å². The maximum Gasteiger partial charge on any atom is 0.243 e. The Kier molecular flexibility index (Phi) is 6.67. The van der Waals surface area contributed by atoms with E-state index in [4.69, 9.17) is 23.2 Å². The van der Waals surface area contributed by atoms with Gasteiger partial charge in [0, 0.05) is 11.6 Å². The van der Waals surface area contributed by atoms with Gasteiger partial charge in [0.05, 0.1) is 11.1 Å². The van der Waals surface area contributed by atoms with Gasteiger partial charge in [-0.05, 0) is 44.4 Å². The molecule has 1 atom stereocenters. The summed E-state index contributed by atoms with van der Waals surface area (Å²) in [5.74, 6) is -0.391. The van der Waals surface area contributed by atoms with Gasteiger partial charge in [0.1, 0.15) is 4.90 Å². The van der Waals surface area contributed by atoms with E-state index in [9.17, 15) is 13.2 Å². The van der Waals surface area contributed by atoms with Gasteiger partial charge in [-0.1, -0.05) is 30.1 Å². The quantitative estimate of drug-likeness (QED) is 0.812. The van der Waals surface area contributed by atoms with Crippen LogP contribution in [-0.4, -0.2) is 26.9 Å². The minimum Gasteiger partial charge on any atom is -0.355 e. The molecule has 0 aliphatic rings. The lowest BCUT2D eigenvalue weighted by molar-refractivity contribution is -0.122. The minimum atomic E-state index is -3.96. The van der Waals surface area contributed by atoms with Gasteiger partial charge < -0.3 is 5.32 Å². The van der Waals surface area contributed by atoms with Crippen LogP contribution in [0.1, 0.15) is 31.4 Å². The Labute approximate surface area is 141 Å². The van der Waals surface area contributed by atoms with Crippen molar-refractivity contribution in [1.29, 1.82) is 0 Å². The van der Waals surface area contributed by atoms with Crippen LogP contribution in [0.5, 0.6) is 0 Å². The number of sulfonamides is 1. The smallest absolute Gasteiger partial charge is 0.243 e. The van der Waals surface area contributed by atoms with Crippen molar-refractivity contribution in [3.63, 3.8) is 0 Å². The standard InChI is InChI=1S/C14H20Cl2N2O3S/c1-5-6-17-14(19)10(4)18-22(20,21)13-9(3)11(15)7-8(2)12(13)16/h7,10,18H,5-6H2,1-4H3,(H,17,19)/t10-/m0/s1. The third-order valence-corrected chi connectivity index (χ3v) is 5.83. The number of rotatable bonds is 6. The summed E-state index contributed by atoms with van der Waals surface area (Å²) in [6.45, 7) is 7.12. The lowest BCUT2D eigenvalue weighted by Crippen LogP contribution is -2.45. The van der Waals surface area contributed by atoms with Gasteiger partial charge >= 0.3 is 0 Å². The average molecular weight is 367 g/mol. The van der Waals surface area contributed by atoms with E-state index in [2.05, 4.69) is 10.0 Å². The molecule has 124 valence electrons. The molecular weight excluding hydrogens is 347 g/mol. The van der Waals surface area contributed by atoms with E-state index in [1.165, 1.54) is 6.92 Å². The van der Waals surface area contributed by atoms with Crippen LogP contribution >= 0.6 is 23.2 Å². The summed E-state index contributed by atoms with van der Waals surface area (Å²) in [7, 11) is -3.96. The molecule has 2 N–H and O–H groups in total. The minimum absolute atomic E-state index is 0.0886. The number of amides is 1. The monoisotopic (exact) mass is 366 g/mol. The third-order valence-electron chi connectivity index (χ3n) is 3.13.